The van der Waals surface area contributed by atoms with Crippen molar-refractivity contribution in [3.05, 3.63) is 77.9 Å². The monoisotopic (exact) mass is 350 g/mol. The lowest BCUT2D eigenvalue weighted by Crippen LogP contribution is -2.46. The quantitative estimate of drug-likeness (QED) is 0.781. The fourth-order valence-electron chi connectivity index (χ4n) is 3.60. The molecule has 0 saturated carbocycles. The van der Waals surface area contributed by atoms with Crippen molar-refractivity contribution >= 4 is 0 Å². The molecule has 0 amide bonds. The molecule has 0 spiro atoms. The number of piperazine rings is 1. The second-order valence-electron chi connectivity index (χ2n) is 6.90. The molecule has 2 aromatic carbocycles. The van der Waals surface area contributed by atoms with E-state index >= 15 is 0 Å². The Morgan fingerprint density at radius 1 is 0.885 bits per heavy atom. The highest BCUT2D eigenvalue weighted by Crippen LogP contribution is 2.30. The van der Waals surface area contributed by atoms with E-state index in [1.165, 1.54) is 23.3 Å². The van der Waals surface area contributed by atoms with E-state index in [4.69, 9.17) is 0 Å². The van der Waals surface area contributed by atoms with E-state index < -0.39 is 0 Å². The number of benzene rings is 2. The molecule has 3 aromatic rings. The van der Waals surface area contributed by atoms with Crippen LogP contribution in [-0.4, -0.2) is 53.2 Å². The van der Waals surface area contributed by atoms with Gasteiger partial charge in [0.15, 0.2) is 0 Å². The van der Waals surface area contributed by atoms with Gasteiger partial charge >= 0.3 is 0 Å². The number of aromatic nitrogens is 2. The topological polar surface area (TPSA) is 35.2 Å². The fourth-order valence-corrected chi connectivity index (χ4v) is 3.60. The number of H-pyrrole nitrogens is 1. The van der Waals surface area contributed by atoms with Crippen LogP contribution in [-0.2, 0) is 0 Å². The Morgan fingerprint density at radius 2 is 1.50 bits per heavy atom. The zero-order chi connectivity index (χ0) is 17.9. The van der Waals surface area contributed by atoms with Gasteiger partial charge in [0.05, 0.1) is 12.2 Å². The van der Waals surface area contributed by atoms with E-state index in [2.05, 4.69) is 51.3 Å². The first-order valence-electron chi connectivity index (χ1n) is 8.98. The molecule has 1 unspecified atom stereocenters. The molecule has 1 saturated heterocycles. The Balaban J connectivity index is 1.62. The third kappa shape index (κ3) is 3.54. The summed E-state index contributed by atoms with van der Waals surface area (Å²) in [5, 5.41) is 7.10. The molecule has 5 heteroatoms. The third-order valence-electron chi connectivity index (χ3n) is 5.14. The van der Waals surface area contributed by atoms with E-state index in [0.29, 0.717) is 0 Å². The first-order chi connectivity index (χ1) is 12.7. The minimum Gasteiger partial charge on any atom is -0.304 e. The second kappa shape index (κ2) is 7.40. The molecule has 1 aliphatic rings. The number of nitrogens with one attached hydrogen (secondary N) is 1. The minimum atomic E-state index is -0.208. The number of halogens is 1. The minimum absolute atomic E-state index is 0.199. The molecule has 26 heavy (non-hydrogen) atoms. The van der Waals surface area contributed by atoms with Crippen LogP contribution in [0.25, 0.3) is 11.1 Å². The molecule has 1 aromatic heterocycles. The van der Waals surface area contributed by atoms with Crippen LogP contribution in [0.5, 0.6) is 0 Å². The number of hydrogen-bond acceptors (Lipinski definition) is 3. The highest BCUT2D eigenvalue weighted by Gasteiger charge is 2.26. The van der Waals surface area contributed by atoms with E-state index in [9.17, 15) is 4.39 Å². The molecule has 4 rings (SSSR count). The third-order valence-corrected chi connectivity index (χ3v) is 5.14. The van der Waals surface area contributed by atoms with Crippen LogP contribution < -0.4 is 0 Å². The zero-order valence-electron chi connectivity index (χ0n) is 14.9. The van der Waals surface area contributed by atoms with Crippen LogP contribution in [0.15, 0.2) is 60.9 Å². The molecule has 1 aliphatic heterocycles. The summed E-state index contributed by atoms with van der Waals surface area (Å²) in [6.45, 7) is 4.21. The average molecular weight is 350 g/mol. The Kier molecular flexibility index (Phi) is 4.82. The van der Waals surface area contributed by atoms with E-state index in [1.54, 1.807) is 0 Å². The van der Waals surface area contributed by atoms with Crippen LogP contribution in [0, 0.1) is 5.82 Å². The van der Waals surface area contributed by atoms with E-state index in [-0.39, 0.29) is 11.9 Å². The molecule has 134 valence electrons. The molecule has 2 heterocycles. The van der Waals surface area contributed by atoms with Crippen LogP contribution in [0.4, 0.5) is 4.39 Å². The van der Waals surface area contributed by atoms with Crippen molar-refractivity contribution in [2.75, 3.05) is 33.2 Å². The lowest BCUT2D eigenvalue weighted by molar-refractivity contribution is 0.127. The summed E-state index contributed by atoms with van der Waals surface area (Å²) in [6, 6.07) is 15.4. The normalized spacial score (nSPS) is 17.3. The molecular weight excluding hydrogens is 327 g/mol. The number of rotatable bonds is 4. The van der Waals surface area contributed by atoms with Crippen molar-refractivity contribution in [3.8, 4) is 11.1 Å². The van der Waals surface area contributed by atoms with E-state index in [1.807, 2.05) is 24.5 Å². The molecule has 0 radical (unpaired) electrons. The molecule has 4 nitrogen and oxygen atoms in total. The van der Waals surface area contributed by atoms with Gasteiger partial charge in [0.2, 0.25) is 0 Å². The standard InChI is InChI=1S/C21H23FN4/c1-25-10-12-26(13-11-25)21(19-14-23-24-15-19)18-4-2-16(3-5-18)17-6-8-20(22)9-7-17/h2-9,14-15,21H,10-13H2,1H3,(H,23,24). The predicted octanol–water partition coefficient (Wildman–Crippen LogP) is 3.55. The Labute approximate surface area is 153 Å². The van der Waals surface area contributed by atoms with Crippen molar-refractivity contribution in [1.82, 2.24) is 20.0 Å². The molecular formula is C21H23FN4. The second-order valence-corrected chi connectivity index (χ2v) is 6.90. The SMILES string of the molecule is CN1CCN(C(c2ccc(-c3ccc(F)cc3)cc2)c2cn[nH]c2)CC1. The van der Waals surface area contributed by atoms with Gasteiger partial charge in [0, 0.05) is 37.9 Å². The van der Waals surface area contributed by atoms with Gasteiger partial charge in [-0.15, -0.1) is 0 Å². The van der Waals surface area contributed by atoms with Crippen molar-refractivity contribution in [2.45, 2.75) is 6.04 Å². The number of nitrogens with zero attached hydrogens (tertiary/aromatic N) is 3. The zero-order valence-corrected chi connectivity index (χ0v) is 14.9. The number of hydrogen-bond donors (Lipinski definition) is 1. The van der Waals surface area contributed by atoms with Gasteiger partial charge in [-0.25, -0.2) is 4.39 Å². The lowest BCUT2D eigenvalue weighted by Gasteiger charge is -2.38. The summed E-state index contributed by atoms with van der Waals surface area (Å²) in [5.74, 6) is -0.208. The molecule has 1 atom stereocenters. The van der Waals surface area contributed by atoms with Crippen molar-refractivity contribution in [3.63, 3.8) is 0 Å². The summed E-state index contributed by atoms with van der Waals surface area (Å²) in [4.78, 5) is 4.87. The van der Waals surface area contributed by atoms with Crippen molar-refractivity contribution in [1.29, 1.82) is 0 Å². The average Bonchev–Trinajstić information content (AvgIpc) is 3.19. The Morgan fingerprint density at radius 3 is 2.08 bits per heavy atom. The van der Waals surface area contributed by atoms with Gasteiger partial charge in [-0.05, 0) is 35.9 Å². The maximum absolute atomic E-state index is 13.1. The van der Waals surface area contributed by atoms with Crippen LogP contribution in [0.1, 0.15) is 17.2 Å². The highest BCUT2D eigenvalue weighted by atomic mass is 19.1. The smallest absolute Gasteiger partial charge is 0.123 e. The van der Waals surface area contributed by atoms with E-state index in [0.717, 1.165) is 37.3 Å². The Hall–Kier alpha value is -2.50. The highest BCUT2D eigenvalue weighted by molar-refractivity contribution is 5.63. The van der Waals surface area contributed by atoms with Crippen LogP contribution in [0.2, 0.25) is 0 Å². The lowest BCUT2D eigenvalue weighted by atomic mass is 9.96. The van der Waals surface area contributed by atoms with Crippen molar-refractivity contribution < 1.29 is 4.39 Å². The summed E-state index contributed by atoms with van der Waals surface area (Å²) in [5.41, 5.74) is 4.56. The van der Waals surface area contributed by atoms with Gasteiger partial charge in [-0.2, -0.15) is 5.10 Å². The van der Waals surface area contributed by atoms with Gasteiger partial charge < -0.3 is 4.90 Å². The summed E-state index contributed by atoms with van der Waals surface area (Å²) >= 11 is 0. The van der Waals surface area contributed by atoms with Crippen LogP contribution >= 0.6 is 0 Å². The maximum atomic E-state index is 13.1. The molecule has 1 fully saturated rings. The van der Waals surface area contributed by atoms with Gasteiger partial charge in [-0.1, -0.05) is 36.4 Å². The summed E-state index contributed by atoms with van der Waals surface area (Å²) < 4.78 is 13.1. The first-order valence-corrected chi connectivity index (χ1v) is 8.98. The Bertz CT molecular complexity index is 819. The predicted molar refractivity (Wildman–Crippen MR) is 101 cm³/mol. The number of likely N-dealkylation sites (N-methyl/N-ethyl adjacent to an activating group) is 1. The van der Waals surface area contributed by atoms with Gasteiger partial charge in [0.1, 0.15) is 5.82 Å². The maximum Gasteiger partial charge on any atom is 0.123 e. The van der Waals surface area contributed by atoms with Gasteiger partial charge in [-0.3, -0.25) is 10.00 Å². The van der Waals surface area contributed by atoms with Gasteiger partial charge in [0.25, 0.3) is 0 Å². The molecule has 0 aliphatic carbocycles. The summed E-state index contributed by atoms with van der Waals surface area (Å²) in [7, 11) is 2.17. The van der Waals surface area contributed by atoms with Crippen LogP contribution in [0.3, 0.4) is 0 Å². The van der Waals surface area contributed by atoms with Crippen molar-refractivity contribution in [2.24, 2.45) is 0 Å². The largest absolute Gasteiger partial charge is 0.304 e. The number of aromatic amines is 1. The fraction of sp³-hybridized carbons (Fsp3) is 0.286. The molecule has 1 N–H and O–H groups in total. The summed E-state index contributed by atoms with van der Waals surface area (Å²) in [6.07, 6.45) is 3.90. The molecule has 0 bridgehead atoms. The first kappa shape index (κ1) is 16.9.